The Morgan fingerprint density at radius 1 is 1.09 bits per heavy atom. The molecular formula is C16H16N2O3S. The summed E-state index contributed by atoms with van der Waals surface area (Å²) in [4.78, 5) is 24.3. The molecule has 0 aromatic heterocycles. The van der Waals surface area contributed by atoms with E-state index in [0.717, 1.165) is 9.79 Å². The molecule has 0 aliphatic rings. The number of benzene rings is 2. The monoisotopic (exact) mass is 316 g/mol. The van der Waals surface area contributed by atoms with Gasteiger partial charge in [0.05, 0.1) is 24.0 Å². The molecule has 22 heavy (non-hydrogen) atoms. The Labute approximate surface area is 132 Å². The fourth-order valence-corrected chi connectivity index (χ4v) is 2.69. The normalized spacial score (nSPS) is 10.1. The minimum absolute atomic E-state index is 0.162. The molecule has 2 rings (SSSR count). The van der Waals surface area contributed by atoms with Crippen LogP contribution in [0, 0.1) is 0 Å². The first kappa shape index (κ1) is 15.9. The third-order valence-electron chi connectivity index (χ3n) is 2.84. The van der Waals surface area contributed by atoms with Crippen molar-refractivity contribution in [2.75, 3.05) is 18.2 Å². The van der Waals surface area contributed by atoms with Crippen molar-refractivity contribution in [2.24, 2.45) is 0 Å². The number of nitrogens with two attached hydrogens (primary N) is 1. The maximum atomic E-state index is 11.4. The molecule has 0 saturated heterocycles. The minimum Gasteiger partial charge on any atom is -0.465 e. The summed E-state index contributed by atoms with van der Waals surface area (Å²) in [7, 11) is 1.35. The van der Waals surface area contributed by atoms with Crippen LogP contribution < -0.4 is 11.1 Å². The van der Waals surface area contributed by atoms with Gasteiger partial charge in [0.15, 0.2) is 0 Å². The summed E-state index contributed by atoms with van der Waals surface area (Å²) in [5.74, 6) is -0.522. The molecule has 0 aliphatic carbocycles. The second-order valence-corrected chi connectivity index (χ2v) is 5.70. The van der Waals surface area contributed by atoms with Crippen LogP contribution in [0.4, 0.5) is 11.4 Å². The average molecular weight is 316 g/mol. The van der Waals surface area contributed by atoms with Gasteiger partial charge in [-0.3, -0.25) is 4.79 Å². The summed E-state index contributed by atoms with van der Waals surface area (Å²) in [6.07, 6.45) is 0. The molecule has 0 unspecified atom stereocenters. The number of methoxy groups -OCH3 is 1. The molecule has 0 radical (unpaired) electrons. The highest BCUT2D eigenvalue weighted by Gasteiger charge is 2.06. The van der Waals surface area contributed by atoms with Gasteiger partial charge in [0.1, 0.15) is 0 Å². The lowest BCUT2D eigenvalue weighted by molar-refractivity contribution is -0.114. The number of carbonyl (C=O) groups is 2. The van der Waals surface area contributed by atoms with Gasteiger partial charge in [-0.1, -0.05) is 11.8 Å². The fraction of sp³-hybridized carbons (Fsp3) is 0.125. The van der Waals surface area contributed by atoms with Crippen molar-refractivity contribution in [1.29, 1.82) is 0 Å². The van der Waals surface area contributed by atoms with Crippen molar-refractivity contribution in [3.8, 4) is 0 Å². The van der Waals surface area contributed by atoms with Crippen LogP contribution in [0.1, 0.15) is 17.3 Å². The lowest BCUT2D eigenvalue weighted by atomic mass is 10.2. The number of esters is 1. The maximum Gasteiger partial charge on any atom is 0.337 e. The molecule has 0 spiro atoms. The van der Waals surface area contributed by atoms with Crippen LogP contribution in [0.15, 0.2) is 52.3 Å². The highest BCUT2D eigenvalue weighted by molar-refractivity contribution is 7.99. The molecule has 114 valence electrons. The third-order valence-corrected chi connectivity index (χ3v) is 3.84. The number of nitrogen functional groups attached to an aromatic ring is 1. The Morgan fingerprint density at radius 3 is 2.27 bits per heavy atom. The van der Waals surface area contributed by atoms with E-state index in [1.807, 2.05) is 18.2 Å². The summed E-state index contributed by atoms with van der Waals surface area (Å²) in [6.45, 7) is 1.44. The minimum atomic E-state index is -0.361. The van der Waals surface area contributed by atoms with E-state index in [1.54, 1.807) is 24.3 Å². The summed E-state index contributed by atoms with van der Waals surface area (Å²) >= 11 is 1.51. The van der Waals surface area contributed by atoms with Gasteiger partial charge in [-0.05, 0) is 42.5 Å². The Bertz CT molecular complexity index is 699. The molecule has 1 amide bonds. The van der Waals surface area contributed by atoms with E-state index in [2.05, 4.69) is 10.1 Å². The number of amides is 1. The molecule has 3 N–H and O–H groups in total. The molecule has 0 fully saturated rings. The zero-order chi connectivity index (χ0) is 16.1. The first-order valence-corrected chi connectivity index (χ1v) is 7.34. The predicted molar refractivity (Wildman–Crippen MR) is 87.1 cm³/mol. The number of nitrogens with one attached hydrogen (secondary N) is 1. The molecule has 0 bridgehead atoms. The zero-order valence-corrected chi connectivity index (χ0v) is 13.1. The average Bonchev–Trinajstić information content (AvgIpc) is 2.49. The van der Waals surface area contributed by atoms with Gasteiger partial charge in [0.25, 0.3) is 0 Å². The van der Waals surface area contributed by atoms with E-state index >= 15 is 0 Å². The van der Waals surface area contributed by atoms with Crippen LogP contribution in [0.2, 0.25) is 0 Å². The fourth-order valence-electron chi connectivity index (χ4n) is 1.82. The molecule has 2 aromatic carbocycles. The van der Waals surface area contributed by atoms with Crippen LogP contribution >= 0.6 is 11.8 Å². The third kappa shape index (κ3) is 4.02. The number of rotatable bonds is 4. The van der Waals surface area contributed by atoms with Crippen molar-refractivity contribution in [1.82, 2.24) is 0 Å². The van der Waals surface area contributed by atoms with Crippen LogP contribution in [0.3, 0.4) is 0 Å². The van der Waals surface area contributed by atoms with Gasteiger partial charge in [-0.15, -0.1) is 0 Å². The standard InChI is InChI=1S/C16H16N2O3S/c1-10(19)18-15-8-7-13(9-14(15)17)22-12-5-3-11(4-6-12)16(20)21-2/h3-9H,17H2,1-2H3,(H,18,19). The van der Waals surface area contributed by atoms with E-state index in [0.29, 0.717) is 16.9 Å². The number of hydrogen-bond acceptors (Lipinski definition) is 5. The molecule has 0 saturated carbocycles. The van der Waals surface area contributed by atoms with Gasteiger partial charge >= 0.3 is 5.97 Å². The van der Waals surface area contributed by atoms with Gasteiger partial charge < -0.3 is 15.8 Å². The topological polar surface area (TPSA) is 81.4 Å². The van der Waals surface area contributed by atoms with Crippen molar-refractivity contribution < 1.29 is 14.3 Å². The number of hydrogen-bond donors (Lipinski definition) is 2. The van der Waals surface area contributed by atoms with Gasteiger partial charge in [0, 0.05) is 16.7 Å². The molecule has 0 atom stereocenters. The molecule has 0 aliphatic heterocycles. The van der Waals surface area contributed by atoms with Gasteiger partial charge in [-0.2, -0.15) is 0 Å². The van der Waals surface area contributed by atoms with Crippen molar-refractivity contribution in [3.63, 3.8) is 0 Å². The quantitative estimate of drug-likeness (QED) is 0.669. The van der Waals surface area contributed by atoms with Crippen LogP contribution in [-0.2, 0) is 9.53 Å². The number of ether oxygens (including phenoxy) is 1. The molecule has 2 aromatic rings. The SMILES string of the molecule is COC(=O)c1ccc(Sc2ccc(NC(C)=O)c(N)c2)cc1. The van der Waals surface area contributed by atoms with Crippen LogP contribution in [-0.4, -0.2) is 19.0 Å². The summed E-state index contributed by atoms with van der Waals surface area (Å²) in [5, 5.41) is 2.67. The summed E-state index contributed by atoms with van der Waals surface area (Å²) < 4.78 is 4.66. The lowest BCUT2D eigenvalue weighted by Crippen LogP contribution is -2.07. The van der Waals surface area contributed by atoms with Crippen LogP contribution in [0.25, 0.3) is 0 Å². The Balaban J connectivity index is 2.12. The molecule has 6 heteroatoms. The van der Waals surface area contributed by atoms with Crippen molar-refractivity contribution in [2.45, 2.75) is 16.7 Å². The Kier molecular flexibility index (Phi) is 5.06. The second kappa shape index (κ2) is 7.00. The van der Waals surface area contributed by atoms with E-state index in [4.69, 9.17) is 5.73 Å². The summed E-state index contributed by atoms with van der Waals surface area (Å²) in [5.41, 5.74) is 7.52. The smallest absolute Gasteiger partial charge is 0.337 e. The molecular weight excluding hydrogens is 300 g/mol. The second-order valence-electron chi connectivity index (χ2n) is 4.55. The van der Waals surface area contributed by atoms with E-state index in [1.165, 1.54) is 25.8 Å². The first-order chi connectivity index (χ1) is 10.5. The molecule has 5 nitrogen and oxygen atoms in total. The largest absolute Gasteiger partial charge is 0.465 e. The Morgan fingerprint density at radius 2 is 1.73 bits per heavy atom. The van der Waals surface area contributed by atoms with Crippen molar-refractivity contribution in [3.05, 3.63) is 48.0 Å². The lowest BCUT2D eigenvalue weighted by Gasteiger charge is -2.08. The predicted octanol–water partition coefficient (Wildman–Crippen LogP) is 3.17. The number of carbonyl (C=O) groups excluding carboxylic acids is 2. The van der Waals surface area contributed by atoms with E-state index < -0.39 is 0 Å². The Hall–Kier alpha value is -2.47. The summed E-state index contributed by atoms with van der Waals surface area (Å²) in [6, 6.07) is 12.5. The van der Waals surface area contributed by atoms with E-state index in [-0.39, 0.29) is 11.9 Å². The highest BCUT2D eigenvalue weighted by atomic mass is 32.2. The van der Waals surface area contributed by atoms with Gasteiger partial charge in [0.2, 0.25) is 5.91 Å². The molecule has 0 heterocycles. The first-order valence-electron chi connectivity index (χ1n) is 6.53. The van der Waals surface area contributed by atoms with Crippen LogP contribution in [0.5, 0.6) is 0 Å². The zero-order valence-electron chi connectivity index (χ0n) is 12.3. The van der Waals surface area contributed by atoms with Gasteiger partial charge in [-0.25, -0.2) is 4.79 Å². The van der Waals surface area contributed by atoms with Crippen molar-refractivity contribution >= 4 is 35.0 Å². The maximum absolute atomic E-state index is 11.4. The number of anilines is 2. The van der Waals surface area contributed by atoms with E-state index in [9.17, 15) is 9.59 Å². The highest BCUT2D eigenvalue weighted by Crippen LogP contribution is 2.31.